The third-order valence-corrected chi connectivity index (χ3v) is 2.71. The Hall–Kier alpha value is -1.52. The minimum Gasteiger partial charge on any atom is -0.480 e. The third-order valence-electron chi connectivity index (χ3n) is 2.71. The summed E-state index contributed by atoms with van der Waals surface area (Å²) in [7, 11) is 0. The summed E-state index contributed by atoms with van der Waals surface area (Å²) in [5.74, 6) is -0.647. The predicted molar refractivity (Wildman–Crippen MR) is 58.1 cm³/mol. The number of rotatable bonds is 3. The van der Waals surface area contributed by atoms with Gasteiger partial charge in [-0.2, -0.15) is 0 Å². The van der Waals surface area contributed by atoms with Gasteiger partial charge in [-0.3, -0.25) is 4.90 Å². The second-order valence-corrected chi connectivity index (χ2v) is 4.04. The molecule has 0 aliphatic carbocycles. The van der Waals surface area contributed by atoms with Gasteiger partial charge in [-0.15, -0.1) is 0 Å². The molecule has 90 valence electrons. The number of piperidine rings is 1. The number of carbonyl (C=O) groups excluding carboxylic acids is 1. The number of hydrogen-bond acceptors (Lipinski definition) is 3. The predicted octanol–water partition coefficient (Wildman–Crippen LogP) is 1.49. The lowest BCUT2D eigenvalue weighted by Gasteiger charge is -2.34. The van der Waals surface area contributed by atoms with Crippen molar-refractivity contribution in [2.75, 3.05) is 13.2 Å². The molecule has 1 aliphatic heterocycles. The van der Waals surface area contributed by atoms with Gasteiger partial charge in [0.1, 0.15) is 12.6 Å². The number of aliphatic carboxylic acids is 1. The van der Waals surface area contributed by atoms with Crippen LogP contribution >= 0.6 is 0 Å². The van der Waals surface area contributed by atoms with Gasteiger partial charge in [0.15, 0.2) is 0 Å². The van der Waals surface area contributed by atoms with Crippen LogP contribution in [0.4, 0.5) is 4.79 Å². The summed E-state index contributed by atoms with van der Waals surface area (Å²) in [5, 5.41) is 9.03. The van der Waals surface area contributed by atoms with Gasteiger partial charge in [-0.05, 0) is 18.8 Å². The fourth-order valence-corrected chi connectivity index (χ4v) is 1.81. The summed E-state index contributed by atoms with van der Waals surface area (Å²) in [6.45, 7) is 5.97. The Morgan fingerprint density at radius 3 is 2.88 bits per heavy atom. The van der Waals surface area contributed by atoms with Crippen LogP contribution in [0.15, 0.2) is 12.7 Å². The minimum absolute atomic E-state index is 0.108. The van der Waals surface area contributed by atoms with Gasteiger partial charge in [-0.1, -0.05) is 19.6 Å². The lowest BCUT2D eigenvalue weighted by Crippen LogP contribution is -2.50. The number of nitrogens with zero attached hydrogens (tertiary/aromatic N) is 1. The normalized spacial score (nSPS) is 24.9. The van der Waals surface area contributed by atoms with Crippen molar-refractivity contribution < 1.29 is 19.4 Å². The number of carboxylic acids is 1. The van der Waals surface area contributed by atoms with Gasteiger partial charge in [-0.25, -0.2) is 9.59 Å². The smallest absolute Gasteiger partial charge is 0.410 e. The molecule has 0 aromatic heterocycles. The van der Waals surface area contributed by atoms with Crippen molar-refractivity contribution in [3.05, 3.63) is 12.7 Å². The van der Waals surface area contributed by atoms with Gasteiger partial charge in [0, 0.05) is 6.54 Å². The molecule has 0 saturated carbocycles. The van der Waals surface area contributed by atoms with E-state index in [1.807, 2.05) is 6.92 Å². The first-order chi connectivity index (χ1) is 7.56. The van der Waals surface area contributed by atoms with Crippen LogP contribution in [-0.4, -0.2) is 41.3 Å². The number of likely N-dealkylation sites (tertiary alicyclic amines) is 1. The summed E-state index contributed by atoms with van der Waals surface area (Å²) < 4.78 is 4.85. The SMILES string of the molecule is C=CCOC(=O)N1CC[C@@H](C)C[C@H]1C(=O)O. The van der Waals surface area contributed by atoms with Crippen LogP contribution < -0.4 is 0 Å². The lowest BCUT2D eigenvalue weighted by atomic mass is 9.93. The Morgan fingerprint density at radius 2 is 2.31 bits per heavy atom. The van der Waals surface area contributed by atoms with Crippen molar-refractivity contribution in [3.63, 3.8) is 0 Å². The van der Waals surface area contributed by atoms with E-state index in [4.69, 9.17) is 9.84 Å². The van der Waals surface area contributed by atoms with Crippen molar-refractivity contribution in [2.45, 2.75) is 25.8 Å². The number of ether oxygens (including phenoxy) is 1. The first-order valence-electron chi connectivity index (χ1n) is 5.33. The van der Waals surface area contributed by atoms with Crippen LogP contribution in [0, 0.1) is 5.92 Å². The molecule has 5 nitrogen and oxygen atoms in total. The van der Waals surface area contributed by atoms with Gasteiger partial charge in [0.05, 0.1) is 0 Å². The van der Waals surface area contributed by atoms with Crippen molar-refractivity contribution in [3.8, 4) is 0 Å². The number of hydrogen-bond donors (Lipinski definition) is 1. The Morgan fingerprint density at radius 1 is 1.62 bits per heavy atom. The molecule has 0 unspecified atom stereocenters. The number of amides is 1. The van der Waals surface area contributed by atoms with E-state index in [-0.39, 0.29) is 6.61 Å². The van der Waals surface area contributed by atoms with E-state index < -0.39 is 18.1 Å². The molecule has 16 heavy (non-hydrogen) atoms. The second-order valence-electron chi connectivity index (χ2n) is 4.04. The van der Waals surface area contributed by atoms with Crippen LogP contribution in [-0.2, 0) is 9.53 Å². The molecule has 1 rings (SSSR count). The Kier molecular flexibility index (Phi) is 4.34. The summed E-state index contributed by atoms with van der Waals surface area (Å²) in [6.07, 6.45) is 2.19. The highest BCUT2D eigenvalue weighted by molar-refractivity contribution is 5.80. The maximum absolute atomic E-state index is 11.6. The van der Waals surface area contributed by atoms with Gasteiger partial charge < -0.3 is 9.84 Å². The summed E-state index contributed by atoms with van der Waals surface area (Å²) in [6, 6.07) is -0.763. The van der Waals surface area contributed by atoms with E-state index >= 15 is 0 Å². The van der Waals surface area contributed by atoms with E-state index in [0.29, 0.717) is 18.9 Å². The van der Waals surface area contributed by atoms with Crippen LogP contribution in [0.1, 0.15) is 19.8 Å². The summed E-state index contributed by atoms with van der Waals surface area (Å²) >= 11 is 0. The molecule has 0 aromatic carbocycles. The molecule has 5 heteroatoms. The highest BCUT2D eigenvalue weighted by Gasteiger charge is 2.35. The zero-order valence-electron chi connectivity index (χ0n) is 9.39. The van der Waals surface area contributed by atoms with Crippen LogP contribution in [0.2, 0.25) is 0 Å². The van der Waals surface area contributed by atoms with Gasteiger partial charge in [0.2, 0.25) is 0 Å². The molecule has 1 N–H and O–H groups in total. The molecule has 0 aromatic rings. The Labute approximate surface area is 94.7 Å². The molecule has 2 atom stereocenters. The first-order valence-corrected chi connectivity index (χ1v) is 5.33. The Balaban J connectivity index is 2.64. The maximum atomic E-state index is 11.6. The maximum Gasteiger partial charge on any atom is 0.410 e. The van der Waals surface area contributed by atoms with Crippen LogP contribution in [0.5, 0.6) is 0 Å². The fraction of sp³-hybridized carbons (Fsp3) is 0.636. The minimum atomic E-state index is -0.970. The zero-order valence-corrected chi connectivity index (χ0v) is 9.39. The topological polar surface area (TPSA) is 66.8 Å². The van der Waals surface area contributed by atoms with E-state index in [9.17, 15) is 9.59 Å². The largest absolute Gasteiger partial charge is 0.480 e. The Bertz CT molecular complexity index is 290. The molecule has 0 spiro atoms. The van der Waals surface area contributed by atoms with Crippen molar-refractivity contribution in [2.24, 2.45) is 5.92 Å². The highest BCUT2D eigenvalue weighted by Crippen LogP contribution is 2.23. The van der Waals surface area contributed by atoms with Gasteiger partial charge in [0.25, 0.3) is 0 Å². The third kappa shape index (κ3) is 2.98. The fourth-order valence-electron chi connectivity index (χ4n) is 1.81. The van der Waals surface area contributed by atoms with Crippen molar-refractivity contribution >= 4 is 12.1 Å². The van der Waals surface area contributed by atoms with Crippen molar-refractivity contribution in [1.29, 1.82) is 0 Å². The first kappa shape index (κ1) is 12.5. The van der Waals surface area contributed by atoms with E-state index in [1.165, 1.54) is 11.0 Å². The average molecular weight is 227 g/mol. The lowest BCUT2D eigenvalue weighted by molar-refractivity contribution is -0.144. The summed E-state index contributed by atoms with van der Waals surface area (Å²) in [5.41, 5.74) is 0. The molecule has 1 amide bonds. The zero-order chi connectivity index (χ0) is 12.1. The van der Waals surface area contributed by atoms with E-state index in [1.54, 1.807) is 0 Å². The second kappa shape index (κ2) is 5.53. The van der Waals surface area contributed by atoms with Crippen LogP contribution in [0.3, 0.4) is 0 Å². The van der Waals surface area contributed by atoms with Gasteiger partial charge >= 0.3 is 12.1 Å². The van der Waals surface area contributed by atoms with E-state index in [2.05, 4.69) is 6.58 Å². The van der Waals surface area contributed by atoms with Crippen LogP contribution in [0.25, 0.3) is 0 Å². The molecular formula is C11H17NO4. The average Bonchev–Trinajstić information content (AvgIpc) is 2.25. The molecular weight excluding hydrogens is 210 g/mol. The molecule has 1 aliphatic rings. The highest BCUT2D eigenvalue weighted by atomic mass is 16.6. The molecule has 1 saturated heterocycles. The number of carboxylic acid groups (broad SMARTS) is 1. The summed E-state index contributed by atoms with van der Waals surface area (Å²) in [4.78, 5) is 23.9. The molecule has 1 fully saturated rings. The van der Waals surface area contributed by atoms with Crippen molar-refractivity contribution in [1.82, 2.24) is 4.90 Å². The quantitative estimate of drug-likeness (QED) is 0.742. The molecule has 0 radical (unpaired) electrons. The monoisotopic (exact) mass is 227 g/mol. The molecule has 0 bridgehead atoms. The molecule has 1 heterocycles. The number of carbonyl (C=O) groups is 2. The standard InChI is InChI=1S/C11H17NO4/c1-3-6-16-11(15)12-5-4-8(2)7-9(12)10(13)14/h3,8-9H,1,4-7H2,2H3,(H,13,14)/t8-,9+/m1/s1. The van der Waals surface area contributed by atoms with E-state index in [0.717, 1.165) is 6.42 Å².